The van der Waals surface area contributed by atoms with Crippen molar-refractivity contribution in [2.75, 3.05) is 26.8 Å². The monoisotopic (exact) mass is 437 g/mol. The molecular weight excluding hydrogens is 417 g/mol. The molecule has 0 heterocycles. The number of methoxy groups -OCH3 is 1. The van der Waals surface area contributed by atoms with Gasteiger partial charge in [-0.3, -0.25) is 0 Å². The van der Waals surface area contributed by atoms with E-state index in [4.69, 9.17) is 27.9 Å². The summed E-state index contributed by atoms with van der Waals surface area (Å²) in [6, 6.07) is 11.7. The van der Waals surface area contributed by atoms with E-state index in [9.17, 15) is 8.42 Å². The summed E-state index contributed by atoms with van der Waals surface area (Å²) >= 11 is 11.9. The minimum atomic E-state index is -3.73. The fourth-order valence-electron chi connectivity index (χ4n) is 2.39. The molecule has 0 fully saturated rings. The number of halogens is 2. The van der Waals surface area contributed by atoms with Crippen molar-refractivity contribution in [1.82, 2.24) is 4.31 Å². The lowest BCUT2D eigenvalue weighted by atomic mass is 10.2. The van der Waals surface area contributed by atoms with E-state index >= 15 is 0 Å². The maximum absolute atomic E-state index is 13.1. The predicted molar refractivity (Wildman–Crippen MR) is 114 cm³/mol. The Bertz CT molecular complexity index is 1010. The van der Waals surface area contributed by atoms with Gasteiger partial charge in [0.2, 0.25) is 10.0 Å². The Labute approximate surface area is 176 Å². The number of benzene rings is 2. The van der Waals surface area contributed by atoms with Crippen LogP contribution < -0.4 is 0 Å². The molecule has 0 aliphatic heterocycles. The predicted octanol–water partition coefficient (Wildman–Crippen LogP) is 4.55. The van der Waals surface area contributed by atoms with E-state index in [0.717, 1.165) is 5.56 Å². The van der Waals surface area contributed by atoms with E-state index in [1.54, 1.807) is 42.5 Å². The second-order valence-corrected chi connectivity index (χ2v) is 8.95. The fourth-order valence-corrected chi connectivity index (χ4v) is 4.05. The topological polar surface area (TPSA) is 46.6 Å². The highest BCUT2D eigenvalue weighted by molar-refractivity contribution is 7.89. The first kappa shape index (κ1) is 22.5. The van der Waals surface area contributed by atoms with Crippen molar-refractivity contribution in [3.8, 4) is 11.8 Å². The van der Waals surface area contributed by atoms with Crippen LogP contribution in [0.5, 0.6) is 0 Å². The molecule has 0 amide bonds. The Morgan fingerprint density at radius 3 is 2.43 bits per heavy atom. The number of aryl methyl sites for hydroxylation is 1. The minimum absolute atomic E-state index is 0.000804. The van der Waals surface area contributed by atoms with Gasteiger partial charge in [0.25, 0.3) is 0 Å². The summed E-state index contributed by atoms with van der Waals surface area (Å²) in [6.45, 7) is 6.16. The molecule has 0 bridgehead atoms. The summed E-state index contributed by atoms with van der Waals surface area (Å²) in [5.74, 6) is 5.82. The van der Waals surface area contributed by atoms with Gasteiger partial charge in [-0.2, -0.15) is 4.31 Å². The van der Waals surface area contributed by atoms with Crippen molar-refractivity contribution in [2.45, 2.75) is 11.8 Å². The second-order valence-electron chi connectivity index (χ2n) is 6.20. The van der Waals surface area contributed by atoms with Gasteiger partial charge in [-0.1, -0.05) is 59.3 Å². The van der Waals surface area contributed by atoms with E-state index < -0.39 is 10.0 Å². The van der Waals surface area contributed by atoms with Crippen LogP contribution in [0.3, 0.4) is 0 Å². The van der Waals surface area contributed by atoms with Crippen LogP contribution in [0.25, 0.3) is 0 Å². The minimum Gasteiger partial charge on any atom is -0.380 e. The average Bonchev–Trinajstić information content (AvgIpc) is 2.64. The van der Waals surface area contributed by atoms with E-state index in [2.05, 4.69) is 18.4 Å². The lowest BCUT2D eigenvalue weighted by molar-refractivity contribution is 0.221. The van der Waals surface area contributed by atoms with Crippen molar-refractivity contribution >= 4 is 33.2 Å². The molecule has 0 saturated heterocycles. The average molecular weight is 438 g/mol. The van der Waals surface area contributed by atoms with E-state index in [0.29, 0.717) is 21.2 Å². The third-order valence-corrected chi connectivity index (χ3v) is 6.36. The smallest absolute Gasteiger partial charge is 0.244 e. The molecule has 148 valence electrons. The van der Waals surface area contributed by atoms with Crippen molar-refractivity contribution in [3.05, 3.63) is 75.8 Å². The SMILES string of the molecule is C=C(COC)CN(CC#Cc1ccc(Cl)c(Cl)c1)S(=O)(=O)c1ccc(C)cc1. The molecule has 0 aliphatic rings. The molecule has 0 aliphatic carbocycles. The van der Waals surface area contributed by atoms with Gasteiger partial charge in [-0.25, -0.2) is 8.42 Å². The summed E-state index contributed by atoms with van der Waals surface area (Å²) in [6.07, 6.45) is 0. The molecule has 0 spiro atoms. The highest BCUT2D eigenvalue weighted by Crippen LogP contribution is 2.22. The standard InChI is InChI=1S/C21H21Cl2NO3S/c1-16-6-9-19(10-7-16)28(25,26)24(14-17(2)15-27-3)12-4-5-18-8-11-20(22)21(23)13-18/h6-11,13H,2,12,14-15H2,1,3H3. The van der Waals surface area contributed by atoms with Gasteiger partial charge < -0.3 is 4.74 Å². The Balaban J connectivity index is 2.29. The zero-order valence-electron chi connectivity index (χ0n) is 15.7. The first-order chi connectivity index (χ1) is 13.2. The largest absolute Gasteiger partial charge is 0.380 e. The number of ether oxygens (including phenoxy) is 1. The third-order valence-electron chi connectivity index (χ3n) is 3.81. The van der Waals surface area contributed by atoms with Crippen LogP contribution in [0.4, 0.5) is 0 Å². The highest BCUT2D eigenvalue weighted by atomic mass is 35.5. The molecule has 28 heavy (non-hydrogen) atoms. The molecule has 2 aromatic carbocycles. The van der Waals surface area contributed by atoms with Crippen molar-refractivity contribution < 1.29 is 13.2 Å². The summed E-state index contributed by atoms with van der Waals surface area (Å²) in [5, 5.41) is 0.831. The van der Waals surface area contributed by atoms with Crippen molar-refractivity contribution in [3.63, 3.8) is 0 Å². The number of nitrogens with zero attached hydrogens (tertiary/aromatic N) is 1. The second kappa shape index (κ2) is 10.1. The molecule has 0 radical (unpaired) electrons. The van der Waals surface area contributed by atoms with Gasteiger partial charge >= 0.3 is 0 Å². The Morgan fingerprint density at radius 1 is 1.14 bits per heavy atom. The Morgan fingerprint density at radius 2 is 1.82 bits per heavy atom. The summed E-state index contributed by atoms with van der Waals surface area (Å²) in [5.41, 5.74) is 2.26. The van der Waals surface area contributed by atoms with Crippen molar-refractivity contribution in [2.24, 2.45) is 0 Å². The van der Waals surface area contributed by atoms with Gasteiger partial charge in [-0.15, -0.1) is 0 Å². The third kappa shape index (κ3) is 6.10. The number of hydrogen-bond donors (Lipinski definition) is 0. The maximum Gasteiger partial charge on any atom is 0.244 e. The zero-order chi connectivity index (χ0) is 20.7. The molecule has 0 N–H and O–H groups in total. The number of hydrogen-bond acceptors (Lipinski definition) is 3. The number of sulfonamides is 1. The fraction of sp³-hybridized carbons (Fsp3) is 0.238. The van der Waals surface area contributed by atoms with Crippen molar-refractivity contribution in [1.29, 1.82) is 0 Å². The summed E-state index contributed by atoms with van der Waals surface area (Å²) < 4.78 is 32.5. The lowest BCUT2D eigenvalue weighted by Gasteiger charge is -2.21. The molecule has 0 atom stereocenters. The van der Waals surface area contributed by atoms with E-state index in [1.807, 2.05) is 6.92 Å². The Hall–Kier alpha value is -1.81. The molecule has 2 rings (SSSR count). The normalized spacial score (nSPS) is 11.2. The van der Waals surface area contributed by atoms with Crippen LogP contribution in [0.2, 0.25) is 10.0 Å². The molecule has 4 nitrogen and oxygen atoms in total. The van der Waals surface area contributed by atoms with E-state index in [-0.39, 0.29) is 24.6 Å². The Kier molecular flexibility index (Phi) is 8.11. The lowest BCUT2D eigenvalue weighted by Crippen LogP contribution is -2.34. The van der Waals surface area contributed by atoms with Crippen LogP contribution in [0.1, 0.15) is 11.1 Å². The molecule has 0 aromatic heterocycles. The maximum atomic E-state index is 13.1. The summed E-state index contributed by atoms with van der Waals surface area (Å²) in [4.78, 5) is 0.208. The van der Waals surface area contributed by atoms with Crippen LogP contribution >= 0.6 is 23.2 Å². The first-order valence-corrected chi connectivity index (χ1v) is 10.6. The molecule has 2 aromatic rings. The van der Waals surface area contributed by atoms with Gasteiger partial charge in [0.05, 0.1) is 28.1 Å². The van der Waals surface area contributed by atoms with Gasteiger partial charge in [0.1, 0.15) is 0 Å². The van der Waals surface area contributed by atoms with Gasteiger partial charge in [-0.05, 0) is 42.8 Å². The van der Waals surface area contributed by atoms with E-state index in [1.165, 1.54) is 11.4 Å². The van der Waals surface area contributed by atoms with Crippen LogP contribution in [0.15, 0.2) is 59.5 Å². The molecule has 7 heteroatoms. The van der Waals surface area contributed by atoms with Gasteiger partial charge in [0, 0.05) is 19.2 Å². The molecule has 0 saturated carbocycles. The zero-order valence-corrected chi connectivity index (χ0v) is 18.0. The van der Waals surface area contributed by atoms with Crippen LogP contribution in [0, 0.1) is 18.8 Å². The van der Waals surface area contributed by atoms with Gasteiger partial charge in [0.15, 0.2) is 0 Å². The quantitative estimate of drug-likeness (QED) is 0.471. The first-order valence-electron chi connectivity index (χ1n) is 8.40. The highest BCUT2D eigenvalue weighted by Gasteiger charge is 2.24. The molecular formula is C21H21Cl2NO3S. The van der Waals surface area contributed by atoms with Crippen LogP contribution in [-0.2, 0) is 14.8 Å². The summed E-state index contributed by atoms with van der Waals surface area (Å²) in [7, 11) is -2.20. The number of rotatable bonds is 7. The molecule has 0 unspecified atom stereocenters. The van der Waals surface area contributed by atoms with Crippen LogP contribution in [-0.4, -0.2) is 39.5 Å².